The number of H-pyrrole nitrogens is 1. The molecule has 3 nitrogen and oxygen atoms in total. The minimum Gasteiger partial charge on any atom is -0.331 e. The zero-order valence-electron chi connectivity index (χ0n) is 11.0. The molecule has 0 saturated heterocycles. The third kappa shape index (κ3) is 2.87. The fourth-order valence-electron chi connectivity index (χ4n) is 2.62. The highest BCUT2D eigenvalue weighted by atomic mass is 127. The van der Waals surface area contributed by atoms with Gasteiger partial charge in [0.2, 0.25) is 0 Å². The molecule has 0 spiro atoms. The van der Waals surface area contributed by atoms with E-state index in [1.165, 1.54) is 21.9 Å². The van der Waals surface area contributed by atoms with Gasteiger partial charge >= 0.3 is 0 Å². The van der Waals surface area contributed by atoms with Crippen LogP contribution in [0.5, 0.6) is 0 Å². The monoisotopic (exact) mass is 387 g/mol. The molecule has 0 unspecified atom stereocenters. The lowest BCUT2D eigenvalue weighted by molar-refractivity contribution is 0.267. The standard InChI is InChI=1S/C14H18IN3S/c1-2-17(11-4-5-11)7-8-18-13-6-3-10(15)9-12(13)16-14(18)19/h3,6,9,11H,2,4-5,7-8H2,1H3,(H,16,19). The topological polar surface area (TPSA) is 24.0 Å². The van der Waals surface area contributed by atoms with E-state index in [-0.39, 0.29) is 0 Å². The van der Waals surface area contributed by atoms with Gasteiger partial charge in [-0.1, -0.05) is 6.92 Å². The Kier molecular flexibility index (Phi) is 3.96. The number of hydrogen-bond acceptors (Lipinski definition) is 2. The molecular weight excluding hydrogens is 369 g/mol. The summed E-state index contributed by atoms with van der Waals surface area (Å²) in [4.78, 5) is 5.87. The summed E-state index contributed by atoms with van der Waals surface area (Å²) in [6.07, 6.45) is 2.73. The zero-order valence-corrected chi connectivity index (χ0v) is 14.0. The Morgan fingerprint density at radius 3 is 2.95 bits per heavy atom. The molecule has 1 aliphatic rings. The van der Waals surface area contributed by atoms with Crippen molar-refractivity contribution < 1.29 is 0 Å². The van der Waals surface area contributed by atoms with Crippen molar-refractivity contribution in [3.8, 4) is 0 Å². The molecule has 0 radical (unpaired) electrons. The second-order valence-electron chi connectivity index (χ2n) is 5.10. The number of nitrogens with zero attached hydrogens (tertiary/aromatic N) is 2. The smallest absolute Gasteiger partial charge is 0.178 e. The Morgan fingerprint density at radius 1 is 1.47 bits per heavy atom. The Bertz CT molecular complexity index is 642. The number of aromatic amines is 1. The first kappa shape index (κ1) is 13.6. The largest absolute Gasteiger partial charge is 0.331 e. The van der Waals surface area contributed by atoms with E-state index >= 15 is 0 Å². The van der Waals surface area contributed by atoms with Crippen LogP contribution in [0.3, 0.4) is 0 Å². The van der Waals surface area contributed by atoms with E-state index in [0.29, 0.717) is 0 Å². The van der Waals surface area contributed by atoms with Gasteiger partial charge in [0.25, 0.3) is 0 Å². The van der Waals surface area contributed by atoms with Gasteiger partial charge in [-0.25, -0.2) is 0 Å². The van der Waals surface area contributed by atoms with Crippen LogP contribution in [0, 0.1) is 8.34 Å². The van der Waals surface area contributed by atoms with Gasteiger partial charge in [0.15, 0.2) is 4.77 Å². The molecular formula is C14H18IN3S. The van der Waals surface area contributed by atoms with E-state index in [0.717, 1.165) is 36.0 Å². The average molecular weight is 387 g/mol. The van der Waals surface area contributed by atoms with Crippen LogP contribution in [0.1, 0.15) is 19.8 Å². The van der Waals surface area contributed by atoms with Crippen molar-refractivity contribution in [2.24, 2.45) is 0 Å². The van der Waals surface area contributed by atoms with Crippen molar-refractivity contribution >= 4 is 45.8 Å². The van der Waals surface area contributed by atoms with Gasteiger partial charge in [-0.15, -0.1) is 0 Å². The van der Waals surface area contributed by atoms with Gasteiger partial charge in [0, 0.05) is 22.7 Å². The molecule has 1 fully saturated rings. The quantitative estimate of drug-likeness (QED) is 0.624. The fourth-order valence-corrected chi connectivity index (χ4v) is 3.42. The first-order valence-electron chi connectivity index (χ1n) is 6.81. The lowest BCUT2D eigenvalue weighted by Gasteiger charge is -2.20. The molecule has 19 heavy (non-hydrogen) atoms. The van der Waals surface area contributed by atoms with Crippen LogP contribution in [-0.4, -0.2) is 33.6 Å². The van der Waals surface area contributed by atoms with E-state index < -0.39 is 0 Å². The number of imidazole rings is 1. The summed E-state index contributed by atoms with van der Waals surface area (Å²) in [6, 6.07) is 7.28. The van der Waals surface area contributed by atoms with Gasteiger partial charge in [0.05, 0.1) is 11.0 Å². The maximum atomic E-state index is 5.45. The number of fused-ring (bicyclic) bond motifs is 1. The molecule has 1 heterocycles. The molecule has 3 rings (SSSR count). The highest BCUT2D eigenvalue weighted by Crippen LogP contribution is 2.26. The lowest BCUT2D eigenvalue weighted by Crippen LogP contribution is -2.29. The summed E-state index contributed by atoms with van der Waals surface area (Å²) in [5, 5.41) is 0. The number of aromatic nitrogens is 2. The predicted molar refractivity (Wildman–Crippen MR) is 90.1 cm³/mol. The van der Waals surface area contributed by atoms with Crippen molar-refractivity contribution in [2.45, 2.75) is 32.4 Å². The van der Waals surface area contributed by atoms with Gasteiger partial charge in [-0.05, 0) is 72.4 Å². The SMILES string of the molecule is CCN(CCn1c(=S)[nH]c2cc(I)ccc21)C1CC1. The molecule has 1 aromatic heterocycles. The normalized spacial score (nSPS) is 15.5. The van der Waals surface area contributed by atoms with Crippen molar-refractivity contribution in [1.29, 1.82) is 0 Å². The fraction of sp³-hybridized carbons (Fsp3) is 0.500. The highest BCUT2D eigenvalue weighted by molar-refractivity contribution is 14.1. The second kappa shape index (κ2) is 5.54. The van der Waals surface area contributed by atoms with Crippen molar-refractivity contribution in [3.63, 3.8) is 0 Å². The van der Waals surface area contributed by atoms with Crippen LogP contribution in [0.15, 0.2) is 18.2 Å². The molecule has 1 saturated carbocycles. The number of nitrogens with one attached hydrogen (secondary N) is 1. The summed E-state index contributed by atoms with van der Waals surface area (Å²) in [6.45, 7) is 5.45. The number of hydrogen-bond donors (Lipinski definition) is 1. The summed E-state index contributed by atoms with van der Waals surface area (Å²) in [5.41, 5.74) is 2.36. The van der Waals surface area contributed by atoms with E-state index in [1.807, 2.05) is 0 Å². The molecule has 1 N–H and O–H groups in total. The number of likely N-dealkylation sites (N-methyl/N-ethyl adjacent to an activating group) is 1. The maximum Gasteiger partial charge on any atom is 0.178 e. The van der Waals surface area contributed by atoms with Gasteiger partial charge < -0.3 is 9.55 Å². The first-order chi connectivity index (χ1) is 9.19. The Morgan fingerprint density at radius 2 is 2.26 bits per heavy atom. The minimum absolute atomic E-state index is 0.824. The Balaban J connectivity index is 1.83. The molecule has 0 bridgehead atoms. The Labute approximate surface area is 132 Å². The van der Waals surface area contributed by atoms with Crippen LogP contribution in [-0.2, 0) is 6.54 Å². The van der Waals surface area contributed by atoms with E-state index in [2.05, 4.69) is 62.2 Å². The van der Waals surface area contributed by atoms with Crippen LogP contribution in [0.2, 0.25) is 0 Å². The molecule has 0 atom stereocenters. The van der Waals surface area contributed by atoms with Crippen molar-refractivity contribution in [3.05, 3.63) is 26.5 Å². The number of benzene rings is 1. The van der Waals surface area contributed by atoms with Crippen LogP contribution < -0.4 is 0 Å². The van der Waals surface area contributed by atoms with Gasteiger partial charge in [0.1, 0.15) is 0 Å². The summed E-state index contributed by atoms with van der Waals surface area (Å²) < 4.78 is 4.30. The van der Waals surface area contributed by atoms with Gasteiger partial charge in [-0.3, -0.25) is 4.90 Å². The summed E-state index contributed by atoms with van der Waals surface area (Å²) in [7, 11) is 0. The van der Waals surface area contributed by atoms with E-state index in [9.17, 15) is 0 Å². The molecule has 0 aliphatic heterocycles. The van der Waals surface area contributed by atoms with Crippen molar-refractivity contribution in [2.75, 3.05) is 13.1 Å². The number of rotatable bonds is 5. The van der Waals surface area contributed by atoms with E-state index in [1.54, 1.807) is 0 Å². The zero-order chi connectivity index (χ0) is 13.4. The predicted octanol–water partition coefficient (Wildman–Crippen LogP) is 3.79. The average Bonchev–Trinajstić information content (AvgIpc) is 3.16. The molecule has 0 amide bonds. The molecule has 5 heteroatoms. The van der Waals surface area contributed by atoms with Crippen LogP contribution in [0.25, 0.3) is 11.0 Å². The second-order valence-corrected chi connectivity index (χ2v) is 6.74. The van der Waals surface area contributed by atoms with Gasteiger partial charge in [-0.2, -0.15) is 0 Å². The summed E-state index contributed by atoms with van der Waals surface area (Å²) in [5.74, 6) is 0. The Hall–Kier alpha value is -0.400. The molecule has 1 aromatic carbocycles. The van der Waals surface area contributed by atoms with Crippen LogP contribution >= 0.6 is 34.8 Å². The van der Waals surface area contributed by atoms with Crippen molar-refractivity contribution in [1.82, 2.24) is 14.5 Å². The van der Waals surface area contributed by atoms with Crippen LogP contribution in [0.4, 0.5) is 0 Å². The lowest BCUT2D eigenvalue weighted by atomic mass is 10.3. The third-order valence-corrected chi connectivity index (χ3v) is 4.81. The highest BCUT2D eigenvalue weighted by Gasteiger charge is 2.27. The molecule has 1 aliphatic carbocycles. The molecule has 2 aromatic rings. The molecule has 102 valence electrons. The first-order valence-corrected chi connectivity index (χ1v) is 8.30. The third-order valence-electron chi connectivity index (χ3n) is 3.82. The number of halogens is 1. The minimum atomic E-state index is 0.824. The summed E-state index contributed by atoms with van der Waals surface area (Å²) >= 11 is 7.78. The maximum absolute atomic E-state index is 5.45. The van der Waals surface area contributed by atoms with E-state index in [4.69, 9.17) is 12.2 Å².